The first kappa shape index (κ1) is 17.8. The van der Waals surface area contributed by atoms with Crippen LogP contribution in [0.3, 0.4) is 0 Å². The van der Waals surface area contributed by atoms with Gasteiger partial charge in [-0.25, -0.2) is 4.79 Å². The molecule has 0 unspecified atom stereocenters. The molecule has 1 heterocycles. The van der Waals surface area contributed by atoms with Gasteiger partial charge in [-0.05, 0) is 20.8 Å². The molecule has 1 rings (SSSR count). The summed E-state index contributed by atoms with van der Waals surface area (Å²) in [5.74, 6) is -2.42. The second-order valence-corrected chi connectivity index (χ2v) is 6.25. The Bertz CT molecular complexity index is 588. The average Bonchev–Trinajstić information content (AvgIpc) is 2.64. The highest BCUT2D eigenvalue weighted by Crippen LogP contribution is 2.32. The first-order valence-electron chi connectivity index (χ1n) is 5.79. The number of anilines is 1. The van der Waals surface area contributed by atoms with E-state index in [1.165, 1.54) is 13.8 Å². The van der Waals surface area contributed by atoms with Crippen LogP contribution in [-0.4, -0.2) is 28.1 Å². The molecular weight excluding hydrogens is 344 g/mol. The second kappa shape index (κ2) is 6.68. The molecule has 0 aliphatic rings. The minimum atomic E-state index is -2.25. The molecule has 0 fully saturated rings. The molecule has 1 aromatic heterocycles. The number of carbonyl (C=O) groups excluding carboxylic acids is 3. The summed E-state index contributed by atoms with van der Waals surface area (Å²) in [6.07, 6.45) is 0. The van der Waals surface area contributed by atoms with E-state index in [2.05, 4.69) is 5.32 Å². The first-order chi connectivity index (χ1) is 9.59. The van der Waals surface area contributed by atoms with E-state index in [1.54, 1.807) is 6.92 Å². The van der Waals surface area contributed by atoms with Crippen molar-refractivity contribution in [2.24, 2.45) is 0 Å². The van der Waals surface area contributed by atoms with Crippen molar-refractivity contribution in [3.63, 3.8) is 0 Å². The smallest absolute Gasteiger partial charge is 0.344 e. The minimum Gasteiger partial charge on any atom is -0.462 e. The van der Waals surface area contributed by atoms with Crippen LogP contribution in [0.4, 0.5) is 5.88 Å². The molecule has 1 aromatic rings. The van der Waals surface area contributed by atoms with Gasteiger partial charge in [-0.2, -0.15) is 0 Å². The third-order valence-electron chi connectivity index (χ3n) is 2.40. The van der Waals surface area contributed by atoms with Gasteiger partial charge in [0.2, 0.25) is 5.88 Å². The van der Waals surface area contributed by atoms with Crippen molar-refractivity contribution >= 4 is 58.3 Å². The molecule has 1 N–H and O–H groups in total. The zero-order valence-electron chi connectivity index (χ0n) is 11.4. The van der Waals surface area contributed by atoms with Gasteiger partial charge in [0, 0.05) is 0 Å². The van der Waals surface area contributed by atoms with E-state index < -0.39 is 21.5 Å². The molecule has 0 saturated heterocycles. The third kappa shape index (κ3) is 4.12. The number of nitrogens with one attached hydrogen (secondary N) is 1. The summed E-state index contributed by atoms with van der Waals surface area (Å²) in [4.78, 5) is 35.2. The highest BCUT2D eigenvalue weighted by atomic mass is 35.6. The highest BCUT2D eigenvalue weighted by molar-refractivity contribution is 6.76. The van der Waals surface area contributed by atoms with Crippen LogP contribution in [-0.2, 0) is 9.53 Å². The van der Waals surface area contributed by atoms with Crippen LogP contribution in [0.25, 0.3) is 0 Å². The Morgan fingerprint density at radius 2 is 1.81 bits per heavy atom. The maximum atomic E-state index is 12.0. The fraction of sp³-hybridized carbons (Fsp3) is 0.417. The van der Waals surface area contributed by atoms with Crippen molar-refractivity contribution in [1.82, 2.24) is 0 Å². The fourth-order valence-corrected chi connectivity index (χ4v) is 1.77. The number of ether oxygens (including phenoxy) is 1. The fourth-order valence-electron chi connectivity index (χ4n) is 1.63. The maximum Gasteiger partial charge on any atom is 0.344 e. The molecule has 0 bridgehead atoms. The lowest BCUT2D eigenvalue weighted by atomic mass is 10.1. The summed E-state index contributed by atoms with van der Waals surface area (Å²) in [5.41, 5.74) is -0.197. The van der Waals surface area contributed by atoms with Crippen LogP contribution in [0.15, 0.2) is 4.42 Å². The second-order valence-electron chi connectivity index (χ2n) is 3.97. The molecule has 0 aliphatic heterocycles. The van der Waals surface area contributed by atoms with Crippen LogP contribution in [0.5, 0.6) is 0 Å². The van der Waals surface area contributed by atoms with Crippen LogP contribution in [0.1, 0.15) is 40.3 Å². The van der Waals surface area contributed by atoms with Gasteiger partial charge in [0.1, 0.15) is 11.3 Å². The average molecular weight is 357 g/mol. The largest absolute Gasteiger partial charge is 0.462 e. The van der Waals surface area contributed by atoms with Gasteiger partial charge in [0.05, 0.1) is 12.2 Å². The SMILES string of the molecule is CCOC(=O)c1c(NC(=O)C(Cl)(Cl)Cl)oc(C)c1C(C)=O. The molecule has 0 aromatic carbocycles. The highest BCUT2D eigenvalue weighted by Gasteiger charge is 2.35. The molecular formula is C12H12Cl3NO5. The van der Waals surface area contributed by atoms with E-state index in [0.29, 0.717) is 0 Å². The molecule has 0 radical (unpaired) electrons. The molecule has 6 nitrogen and oxygen atoms in total. The van der Waals surface area contributed by atoms with Gasteiger partial charge in [-0.3, -0.25) is 14.9 Å². The monoisotopic (exact) mass is 355 g/mol. The standard InChI is InChI=1S/C12H12Cl3NO5/c1-4-20-10(18)8-7(5(2)17)6(3)21-9(8)16-11(19)12(13,14)15/h4H2,1-3H3,(H,16,19). The van der Waals surface area contributed by atoms with E-state index in [-0.39, 0.29) is 29.4 Å². The van der Waals surface area contributed by atoms with Gasteiger partial charge in [-0.15, -0.1) is 0 Å². The van der Waals surface area contributed by atoms with E-state index in [9.17, 15) is 14.4 Å². The summed E-state index contributed by atoms with van der Waals surface area (Å²) in [5, 5.41) is 2.15. The van der Waals surface area contributed by atoms with Crippen LogP contribution < -0.4 is 5.32 Å². The molecule has 0 spiro atoms. The number of aryl methyl sites for hydroxylation is 1. The number of amides is 1. The van der Waals surface area contributed by atoms with Crippen molar-refractivity contribution in [2.75, 3.05) is 11.9 Å². The van der Waals surface area contributed by atoms with Crippen molar-refractivity contribution in [3.05, 3.63) is 16.9 Å². The quantitative estimate of drug-likeness (QED) is 0.508. The summed E-state index contributed by atoms with van der Waals surface area (Å²) >= 11 is 16.3. The number of Topliss-reactive ketones (excluding diaryl/α,β-unsaturated/α-hetero) is 1. The minimum absolute atomic E-state index is 0.00747. The number of rotatable bonds is 4. The zero-order valence-corrected chi connectivity index (χ0v) is 13.7. The molecule has 0 saturated carbocycles. The van der Waals surface area contributed by atoms with E-state index in [0.717, 1.165) is 0 Å². The Kier molecular flexibility index (Phi) is 5.67. The van der Waals surface area contributed by atoms with Crippen molar-refractivity contribution < 1.29 is 23.5 Å². The van der Waals surface area contributed by atoms with Gasteiger partial charge < -0.3 is 9.15 Å². The Balaban J connectivity index is 3.32. The van der Waals surface area contributed by atoms with E-state index in [4.69, 9.17) is 44.0 Å². The summed E-state index contributed by atoms with van der Waals surface area (Å²) < 4.78 is 7.80. The topological polar surface area (TPSA) is 85.6 Å². The van der Waals surface area contributed by atoms with Crippen molar-refractivity contribution in [1.29, 1.82) is 0 Å². The summed E-state index contributed by atoms with van der Waals surface area (Å²) in [6, 6.07) is 0. The molecule has 116 valence electrons. The number of halogens is 3. The van der Waals surface area contributed by atoms with Crippen molar-refractivity contribution in [2.45, 2.75) is 24.6 Å². The number of carbonyl (C=O) groups is 3. The Morgan fingerprint density at radius 1 is 1.24 bits per heavy atom. The predicted molar refractivity (Wildman–Crippen MR) is 78.3 cm³/mol. The number of hydrogen-bond donors (Lipinski definition) is 1. The van der Waals surface area contributed by atoms with Gasteiger partial charge in [-0.1, -0.05) is 34.8 Å². The van der Waals surface area contributed by atoms with Gasteiger partial charge in [0.25, 0.3) is 9.70 Å². The maximum absolute atomic E-state index is 12.0. The lowest BCUT2D eigenvalue weighted by molar-refractivity contribution is -0.115. The molecule has 0 aliphatic carbocycles. The number of alkyl halides is 3. The normalized spacial score (nSPS) is 11.1. The third-order valence-corrected chi connectivity index (χ3v) is 2.92. The lowest BCUT2D eigenvalue weighted by Crippen LogP contribution is -2.27. The zero-order chi connectivity index (χ0) is 16.4. The van der Waals surface area contributed by atoms with E-state index >= 15 is 0 Å². The van der Waals surface area contributed by atoms with Gasteiger partial charge in [0.15, 0.2) is 5.78 Å². The van der Waals surface area contributed by atoms with Crippen LogP contribution in [0.2, 0.25) is 0 Å². The van der Waals surface area contributed by atoms with Crippen LogP contribution in [0, 0.1) is 6.92 Å². The molecule has 0 atom stereocenters. The summed E-state index contributed by atoms with van der Waals surface area (Å²) in [7, 11) is 0. The Labute approximate surface area is 135 Å². The Hall–Kier alpha value is -1.24. The number of hydrogen-bond acceptors (Lipinski definition) is 5. The summed E-state index contributed by atoms with van der Waals surface area (Å²) in [6.45, 7) is 4.39. The number of furan rings is 1. The predicted octanol–water partition coefficient (Wildman–Crippen LogP) is 3.28. The number of ketones is 1. The molecule has 9 heteroatoms. The lowest BCUT2D eigenvalue weighted by Gasteiger charge is -2.10. The van der Waals surface area contributed by atoms with Crippen LogP contribution >= 0.6 is 34.8 Å². The van der Waals surface area contributed by atoms with E-state index in [1.807, 2.05) is 0 Å². The van der Waals surface area contributed by atoms with Crippen molar-refractivity contribution in [3.8, 4) is 0 Å². The number of esters is 1. The first-order valence-corrected chi connectivity index (χ1v) is 6.92. The van der Waals surface area contributed by atoms with Gasteiger partial charge >= 0.3 is 5.97 Å². The molecule has 1 amide bonds. The Morgan fingerprint density at radius 3 is 2.24 bits per heavy atom. The molecule has 21 heavy (non-hydrogen) atoms.